The molecule has 0 N–H and O–H groups in total. The van der Waals surface area contributed by atoms with Gasteiger partial charge in [0.15, 0.2) is 0 Å². The quantitative estimate of drug-likeness (QED) is 0.320. The number of hydrogen-bond donors (Lipinski definition) is 0. The maximum Gasteiger partial charge on any atom is -0.00218 e. The molecular formula is C19H41N. The summed E-state index contributed by atoms with van der Waals surface area (Å²) < 4.78 is 0. The second kappa shape index (κ2) is 15.4. The zero-order valence-corrected chi connectivity index (χ0v) is 14.9. The van der Waals surface area contributed by atoms with Gasteiger partial charge in [-0.2, -0.15) is 0 Å². The second-order valence-electron chi connectivity index (χ2n) is 7.02. The van der Waals surface area contributed by atoms with Crippen LogP contribution in [0.5, 0.6) is 0 Å². The first-order valence-electron chi connectivity index (χ1n) is 9.35. The summed E-state index contributed by atoms with van der Waals surface area (Å²) in [4.78, 5) is 2.54. The Bertz CT molecular complexity index is 177. The van der Waals surface area contributed by atoms with Gasteiger partial charge in [0.05, 0.1) is 0 Å². The molecule has 0 aromatic heterocycles. The van der Waals surface area contributed by atoms with Gasteiger partial charge >= 0.3 is 0 Å². The predicted octanol–water partition coefficient (Wildman–Crippen LogP) is 6.28. The Balaban J connectivity index is 3.14. The lowest BCUT2D eigenvalue weighted by atomic mass is 10.0. The molecule has 1 nitrogen and oxygen atoms in total. The van der Waals surface area contributed by atoms with E-state index < -0.39 is 0 Å². The van der Waals surface area contributed by atoms with Crippen LogP contribution in [0.15, 0.2) is 0 Å². The summed E-state index contributed by atoms with van der Waals surface area (Å²) in [5, 5.41) is 0. The molecule has 0 unspecified atom stereocenters. The smallest absolute Gasteiger partial charge is 0.00218 e. The highest BCUT2D eigenvalue weighted by atomic mass is 15.1. The molecule has 20 heavy (non-hydrogen) atoms. The lowest BCUT2D eigenvalue weighted by Gasteiger charge is -2.16. The lowest BCUT2D eigenvalue weighted by Crippen LogP contribution is -2.20. The largest absolute Gasteiger partial charge is 0.306 e. The fourth-order valence-corrected chi connectivity index (χ4v) is 2.74. The van der Waals surface area contributed by atoms with Crippen molar-refractivity contribution in [2.45, 2.75) is 97.8 Å². The van der Waals surface area contributed by atoms with Crippen LogP contribution in [0.3, 0.4) is 0 Å². The predicted molar refractivity (Wildman–Crippen MR) is 93.4 cm³/mol. The monoisotopic (exact) mass is 283 g/mol. The van der Waals surface area contributed by atoms with Crippen LogP contribution in [0.25, 0.3) is 0 Å². The summed E-state index contributed by atoms with van der Waals surface area (Å²) in [5.41, 5.74) is 0. The first-order valence-corrected chi connectivity index (χ1v) is 9.35. The molecule has 0 aliphatic rings. The summed E-state index contributed by atoms with van der Waals surface area (Å²) in [6.07, 6.45) is 17.1. The van der Waals surface area contributed by atoms with Crippen molar-refractivity contribution in [2.75, 3.05) is 20.1 Å². The number of rotatable bonds is 15. The Morgan fingerprint density at radius 2 is 1.10 bits per heavy atom. The van der Waals surface area contributed by atoms with Crippen molar-refractivity contribution in [3.05, 3.63) is 0 Å². The molecule has 0 heterocycles. The molecule has 0 amide bonds. The van der Waals surface area contributed by atoms with Crippen LogP contribution in [-0.4, -0.2) is 25.0 Å². The molecule has 0 bridgehead atoms. The summed E-state index contributed by atoms with van der Waals surface area (Å²) in [5.74, 6) is 0.887. The van der Waals surface area contributed by atoms with Crippen molar-refractivity contribution in [3.8, 4) is 0 Å². The molecule has 0 radical (unpaired) electrons. The zero-order chi connectivity index (χ0) is 15.1. The van der Waals surface area contributed by atoms with Crippen molar-refractivity contribution in [3.63, 3.8) is 0 Å². The van der Waals surface area contributed by atoms with E-state index in [4.69, 9.17) is 0 Å². The minimum absolute atomic E-state index is 0.887. The second-order valence-corrected chi connectivity index (χ2v) is 7.02. The number of hydrogen-bond acceptors (Lipinski definition) is 1. The molecule has 0 saturated heterocycles. The van der Waals surface area contributed by atoms with Gasteiger partial charge < -0.3 is 4.90 Å². The van der Waals surface area contributed by atoms with Gasteiger partial charge in [-0.3, -0.25) is 0 Å². The molecule has 1 heteroatoms. The molecule has 0 rings (SSSR count). The van der Waals surface area contributed by atoms with Crippen LogP contribution in [0.1, 0.15) is 97.8 Å². The topological polar surface area (TPSA) is 3.24 Å². The normalized spacial score (nSPS) is 11.7. The van der Waals surface area contributed by atoms with Crippen LogP contribution in [0.2, 0.25) is 0 Å². The molecule has 0 aliphatic heterocycles. The molecule has 0 fully saturated rings. The van der Waals surface area contributed by atoms with Crippen LogP contribution in [-0.2, 0) is 0 Å². The summed E-state index contributed by atoms with van der Waals surface area (Å²) in [7, 11) is 2.30. The van der Waals surface area contributed by atoms with Gasteiger partial charge in [-0.1, -0.05) is 85.0 Å². The third-order valence-corrected chi connectivity index (χ3v) is 4.21. The highest BCUT2D eigenvalue weighted by Gasteiger charge is 1.99. The Morgan fingerprint density at radius 3 is 1.60 bits per heavy atom. The van der Waals surface area contributed by atoms with E-state index in [1.165, 1.54) is 90.1 Å². The van der Waals surface area contributed by atoms with Crippen LogP contribution >= 0.6 is 0 Å². The van der Waals surface area contributed by atoms with Crippen molar-refractivity contribution < 1.29 is 0 Å². The molecule has 0 atom stereocenters. The van der Waals surface area contributed by atoms with Crippen molar-refractivity contribution in [2.24, 2.45) is 5.92 Å². The van der Waals surface area contributed by atoms with E-state index in [2.05, 4.69) is 32.7 Å². The van der Waals surface area contributed by atoms with E-state index >= 15 is 0 Å². The number of unbranched alkanes of at least 4 members (excludes halogenated alkanes) is 9. The molecule has 0 aliphatic carbocycles. The standard InChI is InChI=1S/C19H41N/c1-5-6-7-8-11-14-17-20(4)18-15-12-9-10-13-16-19(2)3/h19H,5-18H2,1-4H3. The summed E-state index contributed by atoms with van der Waals surface area (Å²) in [6, 6.07) is 0. The van der Waals surface area contributed by atoms with E-state index in [9.17, 15) is 0 Å². The SMILES string of the molecule is CCCCCCCCN(C)CCCCCCCC(C)C. The minimum Gasteiger partial charge on any atom is -0.306 e. The Labute approximate surface area is 129 Å². The average molecular weight is 284 g/mol. The average Bonchev–Trinajstić information content (AvgIpc) is 2.41. The van der Waals surface area contributed by atoms with Gasteiger partial charge in [-0.05, 0) is 38.9 Å². The van der Waals surface area contributed by atoms with E-state index in [-0.39, 0.29) is 0 Å². The fraction of sp³-hybridized carbons (Fsp3) is 1.00. The molecule has 0 spiro atoms. The van der Waals surface area contributed by atoms with Crippen molar-refractivity contribution in [1.29, 1.82) is 0 Å². The van der Waals surface area contributed by atoms with Gasteiger partial charge in [0.2, 0.25) is 0 Å². The Hall–Kier alpha value is -0.0400. The summed E-state index contributed by atoms with van der Waals surface area (Å²) >= 11 is 0. The van der Waals surface area contributed by atoms with Gasteiger partial charge in [0, 0.05) is 0 Å². The van der Waals surface area contributed by atoms with E-state index in [1.807, 2.05) is 0 Å². The first-order chi connectivity index (χ1) is 9.66. The molecule has 0 saturated carbocycles. The van der Waals surface area contributed by atoms with Gasteiger partial charge in [-0.15, -0.1) is 0 Å². The Morgan fingerprint density at radius 1 is 0.650 bits per heavy atom. The molecular weight excluding hydrogens is 242 g/mol. The highest BCUT2D eigenvalue weighted by molar-refractivity contribution is 4.54. The molecule has 122 valence electrons. The first kappa shape index (κ1) is 20.0. The van der Waals surface area contributed by atoms with Crippen molar-refractivity contribution in [1.82, 2.24) is 4.90 Å². The minimum atomic E-state index is 0.887. The van der Waals surface area contributed by atoms with Crippen LogP contribution < -0.4 is 0 Å². The maximum absolute atomic E-state index is 2.54. The Kier molecular flexibility index (Phi) is 15.3. The lowest BCUT2D eigenvalue weighted by molar-refractivity contribution is 0.314. The third-order valence-electron chi connectivity index (χ3n) is 4.21. The summed E-state index contributed by atoms with van der Waals surface area (Å²) in [6.45, 7) is 9.56. The number of nitrogens with zero attached hydrogens (tertiary/aromatic N) is 1. The zero-order valence-electron chi connectivity index (χ0n) is 14.9. The van der Waals surface area contributed by atoms with Gasteiger partial charge in [-0.25, -0.2) is 0 Å². The maximum atomic E-state index is 2.54. The molecule has 0 aromatic rings. The van der Waals surface area contributed by atoms with E-state index in [0.29, 0.717) is 0 Å². The third kappa shape index (κ3) is 16.0. The van der Waals surface area contributed by atoms with Gasteiger partial charge in [0.1, 0.15) is 0 Å². The van der Waals surface area contributed by atoms with Gasteiger partial charge in [0.25, 0.3) is 0 Å². The van der Waals surface area contributed by atoms with Crippen LogP contribution in [0, 0.1) is 5.92 Å². The fourth-order valence-electron chi connectivity index (χ4n) is 2.74. The van der Waals surface area contributed by atoms with E-state index in [1.54, 1.807) is 0 Å². The highest BCUT2D eigenvalue weighted by Crippen LogP contribution is 2.11. The van der Waals surface area contributed by atoms with E-state index in [0.717, 1.165) is 5.92 Å². The van der Waals surface area contributed by atoms with Crippen molar-refractivity contribution >= 4 is 0 Å². The molecule has 0 aromatic carbocycles. The van der Waals surface area contributed by atoms with Crippen LogP contribution in [0.4, 0.5) is 0 Å².